The molecule has 3 amide bonds. The average molecular weight is 494 g/mol. The van der Waals surface area contributed by atoms with Gasteiger partial charge in [-0.15, -0.1) is 0 Å². The lowest BCUT2D eigenvalue weighted by Crippen LogP contribution is -2.51. The Hall–Kier alpha value is -3.42. The number of carbonyl (C=O) groups excluding carboxylic acids is 3. The standard InChI is InChI=1S/C21H27N5O7S/c1-14-3-4-16(32-2)15(11-14)24-18(27)12-23-19(28)13-25-7-9-26(10-8-25)34(30,31)20-6-5-17(33-20)21(22)29/h3-6,11H,7-10,12-13H2,1-2H3,(H2,22,29)(H,23,28)(H,24,27). The second kappa shape index (κ2) is 10.7. The first kappa shape index (κ1) is 25.2. The number of nitrogens with one attached hydrogen (secondary N) is 2. The summed E-state index contributed by atoms with van der Waals surface area (Å²) in [6.07, 6.45) is 0. The Morgan fingerprint density at radius 1 is 1.09 bits per heavy atom. The summed E-state index contributed by atoms with van der Waals surface area (Å²) in [4.78, 5) is 37.4. The van der Waals surface area contributed by atoms with Crippen LogP contribution in [-0.4, -0.2) is 81.7 Å². The van der Waals surface area contributed by atoms with Gasteiger partial charge in [0.25, 0.3) is 15.9 Å². The molecule has 1 fully saturated rings. The molecule has 0 unspecified atom stereocenters. The van der Waals surface area contributed by atoms with Crippen LogP contribution in [0.1, 0.15) is 16.1 Å². The number of nitrogens with zero attached hydrogens (tertiary/aromatic N) is 2. The summed E-state index contributed by atoms with van der Waals surface area (Å²) in [7, 11) is -2.42. The maximum atomic E-state index is 12.7. The number of rotatable bonds is 9. The van der Waals surface area contributed by atoms with Crippen LogP contribution in [0.5, 0.6) is 5.75 Å². The lowest BCUT2D eigenvalue weighted by Gasteiger charge is -2.32. The van der Waals surface area contributed by atoms with Crippen LogP contribution in [0, 0.1) is 6.92 Å². The van der Waals surface area contributed by atoms with Crippen molar-refractivity contribution in [1.82, 2.24) is 14.5 Å². The van der Waals surface area contributed by atoms with Gasteiger partial charge in [-0.05, 0) is 36.8 Å². The van der Waals surface area contributed by atoms with Crippen LogP contribution in [0.25, 0.3) is 0 Å². The van der Waals surface area contributed by atoms with Gasteiger partial charge < -0.3 is 25.5 Å². The lowest BCUT2D eigenvalue weighted by atomic mass is 10.2. The highest BCUT2D eigenvalue weighted by molar-refractivity contribution is 7.89. The second-order valence-corrected chi connectivity index (χ2v) is 9.56. The Kier molecular flexibility index (Phi) is 7.91. The highest BCUT2D eigenvalue weighted by atomic mass is 32.2. The van der Waals surface area contributed by atoms with E-state index < -0.39 is 21.8 Å². The van der Waals surface area contributed by atoms with Gasteiger partial charge in [0.05, 0.1) is 25.9 Å². The first-order valence-corrected chi connectivity index (χ1v) is 11.9. The van der Waals surface area contributed by atoms with E-state index in [0.717, 1.165) is 5.56 Å². The summed E-state index contributed by atoms with van der Waals surface area (Å²) in [6.45, 7) is 2.57. The molecule has 1 aromatic heterocycles. The molecule has 1 aliphatic heterocycles. The molecular formula is C21H27N5O7S. The summed E-state index contributed by atoms with van der Waals surface area (Å²) in [5.74, 6) is -1.34. The molecule has 2 aromatic rings. The third kappa shape index (κ3) is 6.12. The smallest absolute Gasteiger partial charge is 0.284 e. The van der Waals surface area contributed by atoms with E-state index in [4.69, 9.17) is 14.9 Å². The third-order valence-corrected chi connectivity index (χ3v) is 6.96. The number of amides is 3. The Balaban J connectivity index is 1.45. The molecule has 1 aliphatic rings. The summed E-state index contributed by atoms with van der Waals surface area (Å²) in [5.41, 5.74) is 6.56. The third-order valence-electron chi connectivity index (χ3n) is 5.19. The van der Waals surface area contributed by atoms with E-state index in [-0.39, 0.29) is 42.9 Å². The van der Waals surface area contributed by atoms with Crippen molar-refractivity contribution in [3.63, 3.8) is 0 Å². The predicted octanol–water partition coefficient (Wildman–Crippen LogP) is -0.243. The predicted molar refractivity (Wildman–Crippen MR) is 122 cm³/mol. The van der Waals surface area contributed by atoms with E-state index in [2.05, 4.69) is 10.6 Å². The van der Waals surface area contributed by atoms with Crippen LogP contribution < -0.4 is 21.1 Å². The quantitative estimate of drug-likeness (QED) is 0.431. The number of sulfonamides is 1. The van der Waals surface area contributed by atoms with E-state index in [0.29, 0.717) is 24.5 Å². The average Bonchev–Trinajstić information content (AvgIpc) is 3.30. The Morgan fingerprint density at radius 3 is 2.41 bits per heavy atom. The molecule has 0 spiro atoms. The maximum absolute atomic E-state index is 12.7. The first-order valence-electron chi connectivity index (χ1n) is 10.4. The van der Waals surface area contributed by atoms with Crippen molar-refractivity contribution in [3.05, 3.63) is 41.7 Å². The molecule has 13 heteroatoms. The fraction of sp³-hybridized carbons (Fsp3) is 0.381. The van der Waals surface area contributed by atoms with E-state index in [1.807, 2.05) is 13.0 Å². The number of hydrogen-bond acceptors (Lipinski definition) is 8. The number of hydrogen-bond donors (Lipinski definition) is 3. The van der Waals surface area contributed by atoms with E-state index in [9.17, 15) is 22.8 Å². The van der Waals surface area contributed by atoms with Gasteiger partial charge in [0.1, 0.15) is 5.75 Å². The van der Waals surface area contributed by atoms with Crippen molar-refractivity contribution in [2.45, 2.75) is 12.0 Å². The number of carbonyl (C=O) groups is 3. The molecule has 0 bridgehead atoms. The van der Waals surface area contributed by atoms with Gasteiger partial charge in [0, 0.05) is 26.2 Å². The molecule has 4 N–H and O–H groups in total. The number of nitrogens with two attached hydrogens (primary N) is 1. The van der Waals surface area contributed by atoms with Gasteiger partial charge in [0.2, 0.25) is 16.9 Å². The molecule has 2 heterocycles. The van der Waals surface area contributed by atoms with Gasteiger partial charge >= 0.3 is 0 Å². The van der Waals surface area contributed by atoms with Gasteiger partial charge in [-0.3, -0.25) is 19.3 Å². The molecule has 0 radical (unpaired) electrons. The number of anilines is 1. The Morgan fingerprint density at radius 2 is 1.79 bits per heavy atom. The number of methoxy groups -OCH3 is 1. The fourth-order valence-corrected chi connectivity index (χ4v) is 4.73. The molecule has 12 nitrogen and oxygen atoms in total. The number of ether oxygens (including phenoxy) is 1. The zero-order valence-corrected chi connectivity index (χ0v) is 19.7. The van der Waals surface area contributed by atoms with Crippen molar-refractivity contribution in [3.8, 4) is 5.75 Å². The maximum Gasteiger partial charge on any atom is 0.284 e. The summed E-state index contributed by atoms with van der Waals surface area (Å²) in [6, 6.07) is 7.76. The molecule has 34 heavy (non-hydrogen) atoms. The first-order chi connectivity index (χ1) is 16.1. The Labute approximate surface area is 197 Å². The highest BCUT2D eigenvalue weighted by Gasteiger charge is 2.31. The van der Waals surface area contributed by atoms with Crippen molar-refractivity contribution in [2.75, 3.05) is 51.7 Å². The van der Waals surface area contributed by atoms with Crippen molar-refractivity contribution in [1.29, 1.82) is 0 Å². The minimum atomic E-state index is -3.92. The van der Waals surface area contributed by atoms with Crippen LogP contribution in [0.15, 0.2) is 39.8 Å². The number of primary amides is 1. The number of piperazine rings is 1. The van der Waals surface area contributed by atoms with Gasteiger partial charge in [-0.2, -0.15) is 4.31 Å². The topological polar surface area (TPSA) is 164 Å². The zero-order valence-electron chi connectivity index (χ0n) is 18.9. The number of furan rings is 1. The molecule has 0 saturated carbocycles. The van der Waals surface area contributed by atoms with Crippen LogP contribution in [0.4, 0.5) is 5.69 Å². The molecule has 3 rings (SSSR count). The van der Waals surface area contributed by atoms with Gasteiger partial charge in [-0.25, -0.2) is 8.42 Å². The normalized spacial score (nSPS) is 15.0. The van der Waals surface area contributed by atoms with Crippen molar-refractivity contribution >= 4 is 33.4 Å². The molecular weight excluding hydrogens is 466 g/mol. The minimum absolute atomic E-state index is 0.0154. The molecule has 0 atom stereocenters. The zero-order chi connectivity index (χ0) is 24.9. The minimum Gasteiger partial charge on any atom is -0.495 e. The largest absolute Gasteiger partial charge is 0.495 e. The van der Waals surface area contributed by atoms with Crippen LogP contribution >= 0.6 is 0 Å². The van der Waals surface area contributed by atoms with E-state index >= 15 is 0 Å². The summed E-state index contributed by atoms with van der Waals surface area (Å²) < 4.78 is 36.8. The van der Waals surface area contributed by atoms with Crippen molar-refractivity contribution < 1.29 is 32.0 Å². The highest BCUT2D eigenvalue weighted by Crippen LogP contribution is 2.25. The lowest BCUT2D eigenvalue weighted by molar-refractivity contribution is -0.125. The van der Waals surface area contributed by atoms with Gasteiger partial charge in [0.15, 0.2) is 5.76 Å². The van der Waals surface area contributed by atoms with E-state index in [1.165, 1.54) is 23.5 Å². The van der Waals surface area contributed by atoms with Crippen LogP contribution in [0.2, 0.25) is 0 Å². The van der Waals surface area contributed by atoms with Gasteiger partial charge in [-0.1, -0.05) is 6.07 Å². The molecule has 1 aromatic carbocycles. The number of benzene rings is 1. The van der Waals surface area contributed by atoms with E-state index in [1.54, 1.807) is 17.0 Å². The summed E-state index contributed by atoms with van der Waals surface area (Å²) >= 11 is 0. The van der Waals surface area contributed by atoms with Crippen molar-refractivity contribution in [2.24, 2.45) is 5.73 Å². The number of aryl methyl sites for hydroxylation is 1. The molecule has 1 saturated heterocycles. The van der Waals surface area contributed by atoms with Crippen LogP contribution in [0.3, 0.4) is 0 Å². The fourth-order valence-electron chi connectivity index (χ4n) is 3.40. The summed E-state index contributed by atoms with van der Waals surface area (Å²) in [5, 5.41) is 4.91. The Bertz CT molecular complexity index is 1170. The molecule has 184 valence electrons. The SMILES string of the molecule is COc1ccc(C)cc1NC(=O)CNC(=O)CN1CCN(S(=O)(=O)c2ccc(C(N)=O)o2)CC1. The monoisotopic (exact) mass is 493 g/mol. The molecule has 0 aliphatic carbocycles. The van der Waals surface area contributed by atoms with Crippen LogP contribution in [-0.2, 0) is 19.6 Å². The second-order valence-electron chi connectivity index (χ2n) is 7.69.